The molecular formula is C17H29NO3. The molecule has 0 fully saturated rings. The van der Waals surface area contributed by atoms with E-state index in [1.165, 1.54) is 5.57 Å². The molecule has 21 heavy (non-hydrogen) atoms. The standard InChI is InChI=1S/C17H29NO3/c1-3-5-10-15(4-2)11-7-6-8-14-18-16(19)12-9-13-17(20)21/h4-5,10H,3,6-9,11-14H2,1-2H3,(H,18,19)(H,20,21)/b10-5-,15-4+. The van der Waals surface area contributed by atoms with Gasteiger partial charge in [-0.25, -0.2) is 0 Å². The maximum Gasteiger partial charge on any atom is 0.303 e. The Morgan fingerprint density at radius 2 is 1.81 bits per heavy atom. The topological polar surface area (TPSA) is 66.4 Å². The average Bonchev–Trinajstić information content (AvgIpc) is 2.45. The molecule has 120 valence electrons. The van der Waals surface area contributed by atoms with E-state index in [-0.39, 0.29) is 12.3 Å². The molecule has 0 aliphatic rings. The summed E-state index contributed by atoms with van der Waals surface area (Å²) in [6.45, 7) is 4.87. The summed E-state index contributed by atoms with van der Waals surface area (Å²) in [5.41, 5.74) is 1.37. The lowest BCUT2D eigenvalue weighted by atomic mass is 10.1. The van der Waals surface area contributed by atoms with Crippen LogP contribution < -0.4 is 5.32 Å². The molecule has 0 atom stereocenters. The number of rotatable bonds is 12. The predicted molar refractivity (Wildman–Crippen MR) is 86.2 cm³/mol. The van der Waals surface area contributed by atoms with Crippen molar-refractivity contribution in [3.8, 4) is 0 Å². The van der Waals surface area contributed by atoms with Crippen LogP contribution in [-0.4, -0.2) is 23.5 Å². The Balaban J connectivity index is 3.53. The summed E-state index contributed by atoms with van der Waals surface area (Å²) in [6, 6.07) is 0. The molecule has 0 aliphatic carbocycles. The lowest BCUT2D eigenvalue weighted by molar-refractivity contribution is -0.137. The third kappa shape index (κ3) is 13.2. The van der Waals surface area contributed by atoms with Gasteiger partial charge in [0.25, 0.3) is 0 Å². The Labute approximate surface area is 128 Å². The summed E-state index contributed by atoms with van der Waals surface area (Å²) < 4.78 is 0. The molecule has 0 aromatic heterocycles. The number of carbonyl (C=O) groups excluding carboxylic acids is 1. The smallest absolute Gasteiger partial charge is 0.303 e. The second-order valence-corrected chi connectivity index (χ2v) is 5.08. The fourth-order valence-corrected chi connectivity index (χ4v) is 1.94. The van der Waals surface area contributed by atoms with Crippen molar-refractivity contribution in [2.24, 2.45) is 0 Å². The molecule has 0 spiro atoms. The third-order valence-corrected chi connectivity index (χ3v) is 3.20. The third-order valence-electron chi connectivity index (χ3n) is 3.20. The number of unbranched alkanes of at least 4 members (excludes halogenated alkanes) is 2. The highest BCUT2D eigenvalue weighted by molar-refractivity contribution is 5.76. The van der Waals surface area contributed by atoms with Gasteiger partial charge in [0.15, 0.2) is 0 Å². The Morgan fingerprint density at radius 3 is 2.43 bits per heavy atom. The van der Waals surface area contributed by atoms with Crippen LogP contribution in [0.2, 0.25) is 0 Å². The molecule has 0 aromatic rings. The van der Waals surface area contributed by atoms with Crippen LogP contribution in [0.15, 0.2) is 23.8 Å². The largest absolute Gasteiger partial charge is 0.481 e. The van der Waals surface area contributed by atoms with Gasteiger partial charge in [0.05, 0.1) is 0 Å². The van der Waals surface area contributed by atoms with Crippen LogP contribution in [0.4, 0.5) is 0 Å². The lowest BCUT2D eigenvalue weighted by Crippen LogP contribution is -2.24. The molecule has 4 heteroatoms. The average molecular weight is 295 g/mol. The van der Waals surface area contributed by atoms with E-state index in [4.69, 9.17) is 5.11 Å². The molecule has 0 heterocycles. The predicted octanol–water partition coefficient (Wildman–Crippen LogP) is 3.83. The van der Waals surface area contributed by atoms with E-state index in [0.29, 0.717) is 19.4 Å². The van der Waals surface area contributed by atoms with Gasteiger partial charge < -0.3 is 10.4 Å². The van der Waals surface area contributed by atoms with E-state index in [0.717, 1.165) is 32.1 Å². The van der Waals surface area contributed by atoms with E-state index >= 15 is 0 Å². The van der Waals surface area contributed by atoms with Crippen LogP contribution in [0.1, 0.15) is 65.2 Å². The summed E-state index contributed by atoms with van der Waals surface area (Å²) in [5, 5.41) is 11.3. The minimum atomic E-state index is -0.847. The van der Waals surface area contributed by atoms with E-state index in [2.05, 4.69) is 37.4 Å². The highest BCUT2D eigenvalue weighted by Gasteiger charge is 2.03. The van der Waals surface area contributed by atoms with E-state index in [1.807, 2.05) is 0 Å². The fraction of sp³-hybridized carbons (Fsp3) is 0.647. The Hall–Kier alpha value is -1.58. The van der Waals surface area contributed by atoms with Crippen LogP contribution in [0.3, 0.4) is 0 Å². The molecule has 0 rings (SSSR count). The van der Waals surface area contributed by atoms with Crippen molar-refractivity contribution in [1.29, 1.82) is 0 Å². The van der Waals surface area contributed by atoms with Gasteiger partial charge in [0.2, 0.25) is 5.91 Å². The quantitative estimate of drug-likeness (QED) is 0.425. The highest BCUT2D eigenvalue weighted by atomic mass is 16.4. The number of hydrogen-bond acceptors (Lipinski definition) is 2. The maximum atomic E-state index is 11.4. The van der Waals surface area contributed by atoms with Gasteiger partial charge in [-0.05, 0) is 39.0 Å². The number of carboxylic acid groups (broad SMARTS) is 1. The molecule has 0 unspecified atom stereocenters. The van der Waals surface area contributed by atoms with E-state index < -0.39 is 5.97 Å². The molecule has 0 bridgehead atoms. The molecule has 0 radical (unpaired) electrons. The Bertz CT molecular complexity index is 359. The first kappa shape index (κ1) is 19.4. The summed E-state index contributed by atoms with van der Waals surface area (Å²) in [5.74, 6) is -0.893. The summed E-state index contributed by atoms with van der Waals surface area (Å²) in [7, 11) is 0. The maximum absolute atomic E-state index is 11.4. The van der Waals surface area contributed by atoms with Crippen molar-refractivity contribution < 1.29 is 14.7 Å². The van der Waals surface area contributed by atoms with Crippen molar-refractivity contribution in [3.63, 3.8) is 0 Å². The molecule has 0 aromatic carbocycles. The van der Waals surface area contributed by atoms with Crippen molar-refractivity contribution >= 4 is 11.9 Å². The molecular weight excluding hydrogens is 266 g/mol. The summed E-state index contributed by atoms with van der Waals surface area (Å²) in [4.78, 5) is 21.7. The second-order valence-electron chi connectivity index (χ2n) is 5.08. The summed E-state index contributed by atoms with van der Waals surface area (Å²) >= 11 is 0. The minimum absolute atomic E-state index is 0.0451. The van der Waals surface area contributed by atoms with Crippen molar-refractivity contribution in [3.05, 3.63) is 23.8 Å². The molecule has 0 saturated carbocycles. The molecule has 2 N–H and O–H groups in total. The van der Waals surface area contributed by atoms with Gasteiger partial charge in [-0.15, -0.1) is 0 Å². The molecule has 4 nitrogen and oxygen atoms in total. The number of carboxylic acids is 1. The van der Waals surface area contributed by atoms with Gasteiger partial charge in [-0.2, -0.15) is 0 Å². The SMILES string of the molecule is C/C=C(\C=C/CC)CCCCCNC(=O)CCCC(=O)O. The first-order valence-corrected chi connectivity index (χ1v) is 7.90. The molecule has 0 aliphatic heterocycles. The minimum Gasteiger partial charge on any atom is -0.481 e. The number of amides is 1. The number of nitrogens with one attached hydrogen (secondary N) is 1. The zero-order valence-electron chi connectivity index (χ0n) is 13.4. The monoisotopic (exact) mass is 295 g/mol. The first-order valence-electron chi connectivity index (χ1n) is 7.90. The van der Waals surface area contributed by atoms with Crippen molar-refractivity contribution in [2.45, 2.75) is 65.2 Å². The normalized spacial score (nSPS) is 11.8. The first-order chi connectivity index (χ1) is 10.1. The van der Waals surface area contributed by atoms with Gasteiger partial charge in [0, 0.05) is 19.4 Å². The van der Waals surface area contributed by atoms with Crippen LogP contribution in [0.25, 0.3) is 0 Å². The van der Waals surface area contributed by atoms with Crippen molar-refractivity contribution in [2.75, 3.05) is 6.54 Å². The van der Waals surface area contributed by atoms with Crippen molar-refractivity contribution in [1.82, 2.24) is 5.32 Å². The zero-order valence-corrected chi connectivity index (χ0v) is 13.4. The van der Waals surface area contributed by atoms with Crippen LogP contribution in [0.5, 0.6) is 0 Å². The Kier molecular flexibility index (Phi) is 12.4. The number of aliphatic carboxylic acids is 1. The van der Waals surface area contributed by atoms with Gasteiger partial charge in [-0.3, -0.25) is 9.59 Å². The van der Waals surface area contributed by atoms with Crippen LogP contribution in [-0.2, 0) is 9.59 Å². The van der Waals surface area contributed by atoms with Gasteiger partial charge in [0.1, 0.15) is 0 Å². The molecule has 1 amide bonds. The van der Waals surface area contributed by atoms with Crippen LogP contribution >= 0.6 is 0 Å². The number of hydrogen-bond donors (Lipinski definition) is 2. The van der Waals surface area contributed by atoms with Gasteiger partial charge >= 0.3 is 5.97 Å². The van der Waals surface area contributed by atoms with E-state index in [1.54, 1.807) is 0 Å². The van der Waals surface area contributed by atoms with E-state index in [9.17, 15) is 9.59 Å². The second kappa shape index (κ2) is 13.4. The Morgan fingerprint density at radius 1 is 1.05 bits per heavy atom. The molecule has 0 saturated heterocycles. The number of carbonyl (C=O) groups is 2. The van der Waals surface area contributed by atoms with Crippen LogP contribution in [0, 0.1) is 0 Å². The van der Waals surface area contributed by atoms with Gasteiger partial charge in [-0.1, -0.05) is 37.1 Å². The zero-order chi connectivity index (χ0) is 15.9. The lowest BCUT2D eigenvalue weighted by Gasteiger charge is -2.05. The number of allylic oxidation sites excluding steroid dienone is 4. The fourth-order valence-electron chi connectivity index (χ4n) is 1.94. The highest BCUT2D eigenvalue weighted by Crippen LogP contribution is 2.10. The summed E-state index contributed by atoms with van der Waals surface area (Å²) in [6.07, 6.45) is 12.6.